The SMILES string of the molecule is CN(C)C(C(=O)OCC(=O)N1CCc2ccccc21)c1c(F)cccc1F. The highest BCUT2D eigenvalue weighted by atomic mass is 19.1. The van der Waals surface area contributed by atoms with Crippen LogP contribution in [0, 0.1) is 11.6 Å². The smallest absolute Gasteiger partial charge is 0.328 e. The Morgan fingerprint density at radius 1 is 1.11 bits per heavy atom. The molecule has 1 aliphatic heterocycles. The molecule has 2 aromatic carbocycles. The molecule has 0 bridgehead atoms. The minimum Gasteiger partial charge on any atom is -0.454 e. The van der Waals surface area contributed by atoms with Gasteiger partial charge in [0.15, 0.2) is 6.61 Å². The predicted molar refractivity (Wildman–Crippen MR) is 96.2 cm³/mol. The van der Waals surface area contributed by atoms with Gasteiger partial charge in [-0.2, -0.15) is 0 Å². The first-order valence-electron chi connectivity index (χ1n) is 8.55. The Balaban J connectivity index is 1.71. The normalized spacial score (nSPS) is 14.2. The van der Waals surface area contributed by atoms with E-state index in [-0.39, 0.29) is 5.91 Å². The van der Waals surface area contributed by atoms with Gasteiger partial charge in [-0.05, 0) is 44.3 Å². The molecule has 27 heavy (non-hydrogen) atoms. The molecule has 1 heterocycles. The van der Waals surface area contributed by atoms with Crippen LogP contribution in [0.2, 0.25) is 0 Å². The fraction of sp³-hybridized carbons (Fsp3) is 0.300. The summed E-state index contributed by atoms with van der Waals surface area (Å²) in [4.78, 5) is 27.8. The van der Waals surface area contributed by atoms with Crippen LogP contribution in [0.15, 0.2) is 42.5 Å². The Kier molecular flexibility index (Phi) is 5.51. The largest absolute Gasteiger partial charge is 0.454 e. The fourth-order valence-corrected chi connectivity index (χ4v) is 3.25. The second-order valence-corrected chi connectivity index (χ2v) is 6.53. The highest BCUT2D eigenvalue weighted by Gasteiger charge is 2.32. The average Bonchev–Trinajstić information content (AvgIpc) is 3.06. The van der Waals surface area contributed by atoms with Gasteiger partial charge in [-0.3, -0.25) is 9.69 Å². The standard InChI is InChI=1S/C20H20F2N2O3/c1-23(2)19(18-14(21)7-5-8-15(18)22)20(26)27-12-17(25)24-11-10-13-6-3-4-9-16(13)24/h3-9,19H,10-12H2,1-2H3. The van der Waals surface area contributed by atoms with E-state index in [0.29, 0.717) is 6.54 Å². The number of likely N-dealkylation sites (N-methyl/N-ethyl adjacent to an activating group) is 1. The first-order valence-corrected chi connectivity index (χ1v) is 8.55. The first-order chi connectivity index (χ1) is 12.9. The van der Waals surface area contributed by atoms with Crippen LogP contribution in [0.4, 0.5) is 14.5 Å². The van der Waals surface area contributed by atoms with E-state index in [0.717, 1.165) is 29.8 Å². The van der Waals surface area contributed by atoms with Crippen molar-refractivity contribution < 1.29 is 23.1 Å². The van der Waals surface area contributed by atoms with E-state index >= 15 is 0 Å². The highest BCUT2D eigenvalue weighted by molar-refractivity contribution is 5.97. The van der Waals surface area contributed by atoms with Crippen molar-refractivity contribution in [3.05, 3.63) is 65.2 Å². The monoisotopic (exact) mass is 374 g/mol. The van der Waals surface area contributed by atoms with Gasteiger partial charge in [-0.15, -0.1) is 0 Å². The van der Waals surface area contributed by atoms with E-state index < -0.39 is 35.8 Å². The summed E-state index contributed by atoms with van der Waals surface area (Å²) in [6, 6.07) is 9.60. The van der Waals surface area contributed by atoms with Gasteiger partial charge in [0.2, 0.25) is 0 Å². The van der Waals surface area contributed by atoms with E-state index in [1.807, 2.05) is 24.3 Å². The topological polar surface area (TPSA) is 49.9 Å². The summed E-state index contributed by atoms with van der Waals surface area (Å²) in [5.74, 6) is -2.94. The van der Waals surface area contributed by atoms with Crippen LogP contribution in [-0.4, -0.2) is 44.0 Å². The third kappa shape index (κ3) is 3.83. The zero-order valence-corrected chi connectivity index (χ0v) is 15.1. The number of benzene rings is 2. The molecule has 1 aliphatic rings. The molecular formula is C20H20F2N2O3. The van der Waals surface area contributed by atoms with Crippen molar-refractivity contribution in [2.75, 3.05) is 32.1 Å². The van der Waals surface area contributed by atoms with Crippen LogP contribution in [-0.2, 0) is 20.7 Å². The number of rotatable bonds is 5. The Morgan fingerprint density at radius 2 is 1.78 bits per heavy atom. The van der Waals surface area contributed by atoms with Crippen molar-refractivity contribution in [2.45, 2.75) is 12.5 Å². The number of carbonyl (C=O) groups excluding carboxylic acids is 2. The predicted octanol–water partition coefficient (Wildman–Crippen LogP) is 2.70. The molecule has 0 spiro atoms. The first kappa shape index (κ1) is 19.0. The molecule has 0 saturated heterocycles. The quantitative estimate of drug-likeness (QED) is 0.755. The Bertz CT molecular complexity index is 850. The van der Waals surface area contributed by atoms with Gasteiger partial charge in [0.1, 0.15) is 17.7 Å². The van der Waals surface area contributed by atoms with Crippen molar-refractivity contribution in [2.24, 2.45) is 0 Å². The number of para-hydroxylation sites is 1. The van der Waals surface area contributed by atoms with Gasteiger partial charge in [0.05, 0.1) is 5.56 Å². The molecular weight excluding hydrogens is 354 g/mol. The van der Waals surface area contributed by atoms with Crippen LogP contribution in [0.1, 0.15) is 17.2 Å². The van der Waals surface area contributed by atoms with E-state index in [4.69, 9.17) is 4.74 Å². The number of amides is 1. The summed E-state index contributed by atoms with van der Waals surface area (Å²) < 4.78 is 33.3. The van der Waals surface area contributed by atoms with Crippen molar-refractivity contribution in [3.8, 4) is 0 Å². The molecule has 0 aromatic heterocycles. The number of halogens is 2. The lowest BCUT2D eigenvalue weighted by molar-refractivity contribution is -0.153. The molecule has 0 N–H and O–H groups in total. The zero-order chi connectivity index (χ0) is 19.6. The molecule has 142 valence electrons. The number of esters is 1. The Labute approximate surface area is 156 Å². The van der Waals surface area contributed by atoms with Crippen molar-refractivity contribution in [1.82, 2.24) is 4.90 Å². The minimum absolute atomic E-state index is 0.375. The van der Waals surface area contributed by atoms with Gasteiger partial charge in [0.25, 0.3) is 5.91 Å². The highest BCUT2D eigenvalue weighted by Crippen LogP contribution is 2.28. The van der Waals surface area contributed by atoms with Crippen molar-refractivity contribution >= 4 is 17.6 Å². The van der Waals surface area contributed by atoms with E-state index in [9.17, 15) is 18.4 Å². The number of anilines is 1. The second kappa shape index (κ2) is 7.84. The molecule has 1 unspecified atom stereocenters. The maximum atomic E-state index is 14.1. The maximum Gasteiger partial charge on any atom is 0.328 e. The maximum absolute atomic E-state index is 14.1. The zero-order valence-electron chi connectivity index (χ0n) is 15.1. The lowest BCUT2D eigenvalue weighted by Crippen LogP contribution is -2.36. The van der Waals surface area contributed by atoms with Crippen LogP contribution in [0.25, 0.3) is 0 Å². The van der Waals surface area contributed by atoms with E-state index in [2.05, 4.69) is 0 Å². The van der Waals surface area contributed by atoms with Gasteiger partial charge in [0, 0.05) is 12.2 Å². The number of fused-ring (bicyclic) bond motifs is 1. The molecule has 7 heteroatoms. The number of hydrogen-bond acceptors (Lipinski definition) is 4. The van der Waals surface area contributed by atoms with Gasteiger partial charge in [-0.25, -0.2) is 13.6 Å². The molecule has 0 saturated carbocycles. The third-order valence-electron chi connectivity index (χ3n) is 4.54. The molecule has 0 radical (unpaired) electrons. The summed E-state index contributed by atoms with van der Waals surface area (Å²) in [5, 5.41) is 0. The molecule has 3 rings (SSSR count). The van der Waals surface area contributed by atoms with Crippen molar-refractivity contribution in [3.63, 3.8) is 0 Å². The molecule has 0 fully saturated rings. The molecule has 2 aromatic rings. The van der Waals surface area contributed by atoms with E-state index in [1.165, 1.54) is 25.1 Å². The summed E-state index contributed by atoms with van der Waals surface area (Å²) in [7, 11) is 3.02. The second-order valence-electron chi connectivity index (χ2n) is 6.53. The van der Waals surface area contributed by atoms with Crippen LogP contribution in [0.5, 0.6) is 0 Å². The molecule has 0 aliphatic carbocycles. The fourth-order valence-electron chi connectivity index (χ4n) is 3.25. The average molecular weight is 374 g/mol. The van der Waals surface area contributed by atoms with Crippen molar-refractivity contribution in [1.29, 1.82) is 0 Å². The Morgan fingerprint density at radius 3 is 2.44 bits per heavy atom. The summed E-state index contributed by atoms with van der Waals surface area (Å²) >= 11 is 0. The summed E-state index contributed by atoms with van der Waals surface area (Å²) in [5.41, 5.74) is 1.45. The van der Waals surface area contributed by atoms with E-state index in [1.54, 1.807) is 4.90 Å². The number of carbonyl (C=O) groups is 2. The van der Waals surface area contributed by atoms with Gasteiger partial charge in [-0.1, -0.05) is 24.3 Å². The van der Waals surface area contributed by atoms with Crippen LogP contribution >= 0.6 is 0 Å². The van der Waals surface area contributed by atoms with Crippen LogP contribution in [0.3, 0.4) is 0 Å². The van der Waals surface area contributed by atoms with Crippen LogP contribution < -0.4 is 4.90 Å². The number of ether oxygens (including phenoxy) is 1. The number of hydrogen-bond donors (Lipinski definition) is 0. The van der Waals surface area contributed by atoms with Gasteiger partial charge >= 0.3 is 5.97 Å². The summed E-state index contributed by atoms with van der Waals surface area (Å²) in [6.45, 7) is 0.0162. The Hall–Kier alpha value is -2.80. The lowest BCUT2D eigenvalue weighted by Gasteiger charge is -2.24. The minimum atomic E-state index is -1.29. The third-order valence-corrected chi connectivity index (χ3v) is 4.54. The van der Waals surface area contributed by atoms with Gasteiger partial charge < -0.3 is 9.64 Å². The number of nitrogens with zero attached hydrogens (tertiary/aromatic N) is 2. The molecule has 1 amide bonds. The molecule has 1 atom stereocenters. The lowest BCUT2D eigenvalue weighted by atomic mass is 10.0. The molecule has 5 nitrogen and oxygen atoms in total. The summed E-state index contributed by atoms with van der Waals surface area (Å²) in [6.07, 6.45) is 0.733.